The van der Waals surface area contributed by atoms with E-state index in [-0.39, 0.29) is 38.2 Å². The largest absolute Gasteiger partial charge is 0.387 e. The summed E-state index contributed by atoms with van der Waals surface area (Å²) in [4.78, 5) is 59.5. The van der Waals surface area contributed by atoms with Crippen molar-refractivity contribution in [3.63, 3.8) is 0 Å². The lowest BCUT2D eigenvalue weighted by Gasteiger charge is -2.22. The summed E-state index contributed by atoms with van der Waals surface area (Å²) in [5.41, 5.74) is -0.500. The molecule has 18 nitrogen and oxygen atoms in total. The lowest BCUT2D eigenvalue weighted by molar-refractivity contribution is -0.122. The van der Waals surface area contributed by atoms with E-state index in [9.17, 15) is 28.8 Å². The molecule has 19 heteroatoms. The molecule has 2 aromatic heterocycles. The zero-order valence-corrected chi connectivity index (χ0v) is 27.6. The van der Waals surface area contributed by atoms with Gasteiger partial charge in [0.15, 0.2) is 6.23 Å². The zero-order chi connectivity index (χ0) is 34.2. The van der Waals surface area contributed by atoms with Gasteiger partial charge < -0.3 is 39.4 Å². The first kappa shape index (κ1) is 38.2. The lowest BCUT2D eigenvalue weighted by atomic mass is 10.1. The summed E-state index contributed by atoms with van der Waals surface area (Å²) in [6.07, 6.45) is 3.84. The number of aryl methyl sites for hydroxylation is 1. The number of aromatic nitrogens is 5. The molecule has 0 spiro atoms. The maximum atomic E-state index is 12.3. The van der Waals surface area contributed by atoms with Gasteiger partial charge in [0.25, 0.3) is 5.56 Å². The molecular weight excluding hydrogens is 641 g/mol. The van der Waals surface area contributed by atoms with Gasteiger partial charge in [0.1, 0.15) is 18.3 Å². The number of carbonyl (C=O) groups is 2. The van der Waals surface area contributed by atoms with Crippen molar-refractivity contribution in [2.75, 3.05) is 40.1 Å². The minimum Gasteiger partial charge on any atom is -0.387 e. The normalized spacial score (nSPS) is 20.6. The Balaban J connectivity index is 1.28. The number of hydrogen-bond donors (Lipinski definition) is 5. The van der Waals surface area contributed by atoms with Crippen LogP contribution in [0.15, 0.2) is 28.0 Å². The topological polar surface area (TPSA) is 238 Å². The first-order chi connectivity index (χ1) is 22.5. The second-order valence-electron chi connectivity index (χ2n) is 11.2. The Hall–Kier alpha value is -3.25. The number of nitrogens with one attached hydrogen (secondary N) is 3. The lowest BCUT2D eigenvalue weighted by Crippen LogP contribution is -2.40. The van der Waals surface area contributed by atoms with Gasteiger partial charge in [0.05, 0.1) is 38.3 Å². The number of ether oxygens (including phenoxy) is 3. The van der Waals surface area contributed by atoms with Crippen LogP contribution in [-0.4, -0.2) is 105 Å². The number of H-pyrrole nitrogens is 1. The predicted octanol–water partition coefficient (Wildman–Crippen LogP) is -0.197. The van der Waals surface area contributed by atoms with E-state index in [4.69, 9.17) is 23.6 Å². The van der Waals surface area contributed by atoms with Crippen LogP contribution >= 0.6 is 7.60 Å². The highest BCUT2D eigenvalue weighted by Gasteiger charge is 2.45. The van der Waals surface area contributed by atoms with Crippen LogP contribution < -0.4 is 21.9 Å². The van der Waals surface area contributed by atoms with Crippen molar-refractivity contribution in [1.82, 2.24) is 35.2 Å². The minimum absolute atomic E-state index is 0.0550. The highest BCUT2D eigenvalue weighted by Crippen LogP contribution is 2.36. The fourth-order valence-electron chi connectivity index (χ4n) is 4.93. The van der Waals surface area contributed by atoms with Crippen molar-refractivity contribution in [3.8, 4) is 0 Å². The Morgan fingerprint density at radius 1 is 1.09 bits per heavy atom. The molecule has 5 atom stereocenters. The van der Waals surface area contributed by atoms with Gasteiger partial charge in [-0.25, -0.2) is 9.48 Å². The number of aliphatic hydroxyl groups is 1. The number of methoxy groups -OCH3 is 1. The Bertz CT molecular complexity index is 1430. The number of amides is 2. The van der Waals surface area contributed by atoms with E-state index in [1.807, 2.05) is 0 Å². The molecule has 0 bridgehead atoms. The van der Waals surface area contributed by atoms with Gasteiger partial charge in [-0.3, -0.25) is 28.5 Å². The summed E-state index contributed by atoms with van der Waals surface area (Å²) in [7, 11) is -2.01. The van der Waals surface area contributed by atoms with Crippen LogP contribution in [0.25, 0.3) is 0 Å². The summed E-state index contributed by atoms with van der Waals surface area (Å²) in [5, 5.41) is 24.3. The molecule has 1 aliphatic heterocycles. The van der Waals surface area contributed by atoms with E-state index in [0.29, 0.717) is 51.6 Å². The highest BCUT2D eigenvalue weighted by molar-refractivity contribution is 7.51. The van der Waals surface area contributed by atoms with Crippen molar-refractivity contribution >= 4 is 19.4 Å². The van der Waals surface area contributed by atoms with E-state index in [2.05, 4.69) is 25.9 Å². The minimum atomic E-state index is -3.46. The molecule has 1 fully saturated rings. The van der Waals surface area contributed by atoms with Crippen molar-refractivity contribution in [2.24, 2.45) is 0 Å². The van der Waals surface area contributed by atoms with Crippen LogP contribution in [0.5, 0.6) is 0 Å². The number of carbonyl (C=O) groups excluding carboxylic acids is 2. The number of aromatic amines is 1. The summed E-state index contributed by atoms with van der Waals surface area (Å²) in [6.45, 7) is 2.50. The first-order valence-electron chi connectivity index (χ1n) is 15.6. The predicted molar refractivity (Wildman–Crippen MR) is 166 cm³/mol. The number of hydrogen-bond acceptors (Lipinski definition) is 12. The van der Waals surface area contributed by atoms with E-state index in [1.54, 1.807) is 10.9 Å². The monoisotopic (exact) mass is 687 g/mol. The Morgan fingerprint density at radius 2 is 1.81 bits per heavy atom. The van der Waals surface area contributed by atoms with Crippen LogP contribution in [0.2, 0.25) is 0 Å². The molecule has 264 valence electrons. The van der Waals surface area contributed by atoms with E-state index in [0.717, 1.165) is 29.8 Å². The Kier molecular flexibility index (Phi) is 15.9. The molecule has 1 saturated heterocycles. The molecular formula is C28H46N7O11P. The van der Waals surface area contributed by atoms with Crippen molar-refractivity contribution in [3.05, 3.63) is 45.0 Å². The molecule has 3 heterocycles. The smallest absolute Gasteiger partial charge is 0.330 e. The van der Waals surface area contributed by atoms with Crippen LogP contribution in [0.4, 0.5) is 0 Å². The summed E-state index contributed by atoms with van der Waals surface area (Å²) in [6, 6.07) is 1.17. The third-order valence-corrected chi connectivity index (χ3v) is 7.98. The number of nitrogens with zero attached hydrogens (tertiary/aromatic N) is 4. The zero-order valence-electron chi connectivity index (χ0n) is 26.7. The third kappa shape index (κ3) is 13.4. The van der Waals surface area contributed by atoms with Gasteiger partial charge >= 0.3 is 13.3 Å². The summed E-state index contributed by atoms with van der Waals surface area (Å²) >= 11 is 0. The van der Waals surface area contributed by atoms with Crippen molar-refractivity contribution < 1.29 is 42.9 Å². The van der Waals surface area contributed by atoms with Crippen LogP contribution in [0, 0.1) is 0 Å². The SMILES string of the molecule is COC[C@H]1O[C@@H](n2ccc(=O)[nH]c2=O)[C@@H](OCCNC(=O)CCCCCn2nncc2CNC(=O)CCCCCOP(C)(=O)O)C1O. The Morgan fingerprint density at radius 3 is 2.51 bits per heavy atom. The fourth-order valence-corrected chi connectivity index (χ4v) is 5.40. The molecule has 2 aromatic rings. The molecule has 47 heavy (non-hydrogen) atoms. The molecule has 5 N–H and O–H groups in total. The van der Waals surface area contributed by atoms with Crippen molar-refractivity contribution in [2.45, 2.75) is 89.0 Å². The van der Waals surface area contributed by atoms with Crippen LogP contribution in [0.3, 0.4) is 0 Å². The molecule has 0 radical (unpaired) electrons. The van der Waals surface area contributed by atoms with E-state index in [1.165, 1.54) is 19.4 Å². The molecule has 0 aliphatic carbocycles. The van der Waals surface area contributed by atoms with Crippen molar-refractivity contribution in [1.29, 1.82) is 0 Å². The molecule has 3 rings (SSSR count). The maximum Gasteiger partial charge on any atom is 0.330 e. The molecule has 0 saturated carbocycles. The second-order valence-corrected chi connectivity index (χ2v) is 13.1. The molecule has 1 aliphatic rings. The maximum absolute atomic E-state index is 12.3. The average Bonchev–Trinajstić information content (AvgIpc) is 3.59. The number of unbranched alkanes of at least 4 members (excludes halogenated alkanes) is 4. The number of rotatable bonds is 22. The van der Waals surface area contributed by atoms with Gasteiger partial charge in [-0.05, 0) is 25.7 Å². The van der Waals surface area contributed by atoms with Gasteiger partial charge in [0.2, 0.25) is 11.8 Å². The molecule has 2 amide bonds. The molecule has 0 aromatic carbocycles. The number of aliphatic hydroxyl groups excluding tert-OH is 1. The molecule has 2 unspecified atom stereocenters. The van der Waals surface area contributed by atoms with E-state index < -0.39 is 43.4 Å². The van der Waals surface area contributed by atoms with Gasteiger partial charge in [-0.1, -0.05) is 18.1 Å². The fraction of sp³-hybridized carbons (Fsp3) is 0.714. The standard InChI is InChI=1S/C28H46N7O11P/c1-43-19-21-25(39)26(27(46-21)34-14-11-24(38)32-28(34)40)44-16-12-29-22(36)9-5-3-7-13-35-20(18-31-33-35)17-30-23(37)10-6-4-8-15-45-47(2,41)42/h11,14,18,21,25-27,39H,3-10,12-13,15-17,19H2,1-2H3,(H,29,36)(H,30,37)(H,41,42)(H,32,38,40)/t21-,25?,26+,27-/m1/s1. The highest BCUT2D eigenvalue weighted by atomic mass is 31.2. The first-order valence-corrected chi connectivity index (χ1v) is 17.6. The third-order valence-electron chi connectivity index (χ3n) is 7.32. The Labute approximate surface area is 271 Å². The van der Waals surface area contributed by atoms with Crippen LogP contribution in [0.1, 0.15) is 63.3 Å². The van der Waals surface area contributed by atoms with Crippen LogP contribution in [-0.2, 0) is 46.0 Å². The average molecular weight is 688 g/mol. The van der Waals surface area contributed by atoms with Gasteiger partial charge in [0, 0.05) is 52.0 Å². The quantitative estimate of drug-likeness (QED) is 0.0798. The summed E-state index contributed by atoms with van der Waals surface area (Å²) in [5.74, 6) is -0.261. The second kappa shape index (κ2) is 19.5. The van der Waals surface area contributed by atoms with Gasteiger partial charge in [-0.2, -0.15) is 0 Å². The van der Waals surface area contributed by atoms with E-state index >= 15 is 0 Å². The van der Waals surface area contributed by atoms with Gasteiger partial charge in [-0.15, -0.1) is 5.10 Å². The summed E-state index contributed by atoms with van der Waals surface area (Å²) < 4.78 is 35.4.